The molecule has 1 aromatic carbocycles. The normalized spacial score (nSPS) is 10.1. The lowest BCUT2D eigenvalue weighted by Gasteiger charge is -2.08. The van der Waals surface area contributed by atoms with Gasteiger partial charge in [-0.15, -0.1) is 0 Å². The molecule has 104 valence electrons. The van der Waals surface area contributed by atoms with Crippen LogP contribution in [0.5, 0.6) is 5.75 Å². The summed E-state index contributed by atoms with van der Waals surface area (Å²) in [5.41, 5.74) is 7.37. The molecular formula is C14H14ClN3O2. The molecule has 2 rings (SSSR count). The zero-order valence-electron chi connectivity index (χ0n) is 10.9. The number of ether oxygens (including phenoxy) is 1. The van der Waals surface area contributed by atoms with Crippen LogP contribution in [0.15, 0.2) is 36.5 Å². The van der Waals surface area contributed by atoms with Gasteiger partial charge in [-0.25, -0.2) is 0 Å². The number of hydrogen-bond acceptors (Lipinski definition) is 4. The Balaban J connectivity index is 2.02. The van der Waals surface area contributed by atoms with E-state index in [1.54, 1.807) is 30.3 Å². The Morgan fingerprint density at radius 2 is 2.20 bits per heavy atom. The average molecular weight is 292 g/mol. The lowest BCUT2D eigenvalue weighted by Crippen LogP contribution is -2.15. The molecule has 2 aromatic rings. The summed E-state index contributed by atoms with van der Waals surface area (Å²) >= 11 is 5.92. The molecule has 0 radical (unpaired) electrons. The second-order valence-corrected chi connectivity index (χ2v) is 4.56. The Hall–Kier alpha value is -2.27. The summed E-state index contributed by atoms with van der Waals surface area (Å²) in [6.45, 7) is 0. The number of amides is 1. The summed E-state index contributed by atoms with van der Waals surface area (Å²) in [6.07, 6.45) is 1.69. The van der Waals surface area contributed by atoms with E-state index in [1.807, 2.05) is 0 Å². The molecule has 0 aliphatic carbocycles. The maximum atomic E-state index is 11.9. The lowest BCUT2D eigenvalue weighted by atomic mass is 10.2. The van der Waals surface area contributed by atoms with Crippen LogP contribution in [0, 0.1) is 0 Å². The van der Waals surface area contributed by atoms with Crippen LogP contribution in [0.25, 0.3) is 0 Å². The number of methoxy groups -OCH3 is 1. The molecule has 1 aromatic heterocycles. The number of carbonyl (C=O) groups is 1. The van der Waals surface area contributed by atoms with Crippen LogP contribution in [0.4, 0.5) is 11.4 Å². The first-order valence-corrected chi connectivity index (χ1v) is 6.30. The van der Waals surface area contributed by atoms with E-state index < -0.39 is 0 Å². The number of nitrogens with zero attached hydrogens (tertiary/aromatic N) is 1. The minimum absolute atomic E-state index is 0.172. The van der Waals surface area contributed by atoms with Crippen LogP contribution in [0.1, 0.15) is 5.69 Å². The summed E-state index contributed by atoms with van der Waals surface area (Å²) in [7, 11) is 1.52. The standard InChI is InChI=1S/C14H14ClN3O2/c1-20-13-6-11(4-5-12(13)15)18-14(19)7-10-3-2-9(16)8-17-10/h2-6,8H,7,16H2,1H3,(H,18,19). The zero-order valence-corrected chi connectivity index (χ0v) is 11.6. The number of nitrogen functional groups attached to an aromatic ring is 1. The molecule has 3 N–H and O–H groups in total. The number of rotatable bonds is 4. The summed E-state index contributed by atoms with van der Waals surface area (Å²) in [4.78, 5) is 16.0. The molecule has 1 heterocycles. The molecule has 6 heteroatoms. The molecule has 0 saturated carbocycles. The molecule has 0 saturated heterocycles. The van der Waals surface area contributed by atoms with Crippen LogP contribution >= 0.6 is 11.6 Å². The number of pyridine rings is 1. The van der Waals surface area contributed by atoms with Crippen molar-refractivity contribution in [2.45, 2.75) is 6.42 Å². The summed E-state index contributed by atoms with van der Waals surface area (Å²) < 4.78 is 5.09. The third-order valence-electron chi connectivity index (χ3n) is 2.62. The first-order valence-electron chi connectivity index (χ1n) is 5.92. The maximum Gasteiger partial charge on any atom is 0.230 e. The van der Waals surface area contributed by atoms with E-state index in [9.17, 15) is 4.79 Å². The second-order valence-electron chi connectivity index (χ2n) is 4.16. The number of anilines is 2. The SMILES string of the molecule is COc1cc(NC(=O)Cc2ccc(N)cn2)ccc1Cl. The van der Waals surface area contributed by atoms with E-state index in [0.717, 1.165) is 0 Å². The number of halogens is 1. The molecule has 0 fully saturated rings. The van der Waals surface area contributed by atoms with Crippen molar-refractivity contribution in [3.8, 4) is 5.75 Å². The number of nitrogens with one attached hydrogen (secondary N) is 1. The van der Waals surface area contributed by atoms with Crippen LogP contribution < -0.4 is 15.8 Å². The Bertz CT molecular complexity index is 614. The Labute approximate surface area is 121 Å². The van der Waals surface area contributed by atoms with Gasteiger partial charge in [0.25, 0.3) is 0 Å². The maximum absolute atomic E-state index is 11.9. The Kier molecular flexibility index (Phi) is 4.42. The molecule has 20 heavy (non-hydrogen) atoms. The van der Waals surface area contributed by atoms with Gasteiger partial charge in [0.05, 0.1) is 30.4 Å². The monoisotopic (exact) mass is 291 g/mol. The summed E-state index contributed by atoms with van der Waals surface area (Å²) in [5, 5.41) is 3.25. The third kappa shape index (κ3) is 3.61. The van der Waals surface area contributed by atoms with Crippen molar-refractivity contribution < 1.29 is 9.53 Å². The van der Waals surface area contributed by atoms with Crippen molar-refractivity contribution in [1.29, 1.82) is 0 Å². The van der Waals surface area contributed by atoms with Gasteiger partial charge in [-0.05, 0) is 24.3 Å². The minimum Gasteiger partial charge on any atom is -0.495 e. The molecular weight excluding hydrogens is 278 g/mol. The first kappa shape index (κ1) is 14.1. The fourth-order valence-corrected chi connectivity index (χ4v) is 1.84. The van der Waals surface area contributed by atoms with Crippen molar-refractivity contribution >= 4 is 28.9 Å². The zero-order chi connectivity index (χ0) is 14.5. The highest BCUT2D eigenvalue weighted by Gasteiger charge is 2.07. The van der Waals surface area contributed by atoms with Crippen molar-refractivity contribution in [1.82, 2.24) is 4.98 Å². The second kappa shape index (κ2) is 6.25. The van der Waals surface area contributed by atoms with E-state index in [1.165, 1.54) is 13.3 Å². The van der Waals surface area contributed by atoms with Gasteiger partial charge in [0.1, 0.15) is 5.75 Å². The molecule has 0 aliphatic heterocycles. The van der Waals surface area contributed by atoms with Gasteiger partial charge in [-0.1, -0.05) is 11.6 Å². The third-order valence-corrected chi connectivity index (χ3v) is 2.94. The number of benzene rings is 1. The molecule has 0 bridgehead atoms. The van der Waals surface area contributed by atoms with Gasteiger partial charge in [0.2, 0.25) is 5.91 Å². The largest absolute Gasteiger partial charge is 0.495 e. The molecule has 0 spiro atoms. The number of hydrogen-bond donors (Lipinski definition) is 2. The summed E-state index contributed by atoms with van der Waals surface area (Å²) in [5.74, 6) is 0.335. The van der Waals surface area contributed by atoms with Crippen molar-refractivity contribution in [3.05, 3.63) is 47.2 Å². The van der Waals surface area contributed by atoms with Gasteiger partial charge in [-0.2, -0.15) is 0 Å². The van der Waals surface area contributed by atoms with Gasteiger partial charge in [0.15, 0.2) is 0 Å². The van der Waals surface area contributed by atoms with E-state index in [4.69, 9.17) is 22.1 Å². The Morgan fingerprint density at radius 3 is 2.85 bits per heavy atom. The topological polar surface area (TPSA) is 77.2 Å². The predicted octanol–water partition coefficient (Wildman–Crippen LogP) is 2.51. The van der Waals surface area contributed by atoms with Crippen molar-refractivity contribution in [2.24, 2.45) is 0 Å². The van der Waals surface area contributed by atoms with Crippen molar-refractivity contribution in [2.75, 3.05) is 18.2 Å². The van der Waals surface area contributed by atoms with Gasteiger partial charge in [0, 0.05) is 17.4 Å². The summed E-state index contributed by atoms with van der Waals surface area (Å²) in [6, 6.07) is 8.46. The molecule has 5 nitrogen and oxygen atoms in total. The van der Waals surface area contributed by atoms with E-state index in [2.05, 4.69) is 10.3 Å². The fraction of sp³-hybridized carbons (Fsp3) is 0.143. The van der Waals surface area contributed by atoms with Crippen LogP contribution in [-0.2, 0) is 11.2 Å². The average Bonchev–Trinajstić information content (AvgIpc) is 2.43. The van der Waals surface area contributed by atoms with Crippen LogP contribution in [0.2, 0.25) is 5.02 Å². The van der Waals surface area contributed by atoms with Crippen molar-refractivity contribution in [3.63, 3.8) is 0 Å². The molecule has 0 atom stereocenters. The quantitative estimate of drug-likeness (QED) is 0.907. The van der Waals surface area contributed by atoms with Gasteiger partial charge >= 0.3 is 0 Å². The highest BCUT2D eigenvalue weighted by Crippen LogP contribution is 2.27. The molecule has 0 aliphatic rings. The molecule has 1 amide bonds. The minimum atomic E-state index is -0.174. The molecule has 0 unspecified atom stereocenters. The highest BCUT2D eigenvalue weighted by atomic mass is 35.5. The predicted molar refractivity (Wildman–Crippen MR) is 79.0 cm³/mol. The van der Waals surface area contributed by atoms with Crippen LogP contribution in [0.3, 0.4) is 0 Å². The number of carbonyl (C=O) groups excluding carboxylic acids is 1. The van der Waals surface area contributed by atoms with Gasteiger partial charge in [-0.3, -0.25) is 9.78 Å². The van der Waals surface area contributed by atoms with E-state index in [-0.39, 0.29) is 12.3 Å². The smallest absolute Gasteiger partial charge is 0.230 e. The van der Waals surface area contributed by atoms with E-state index >= 15 is 0 Å². The van der Waals surface area contributed by atoms with E-state index in [0.29, 0.717) is 27.8 Å². The highest BCUT2D eigenvalue weighted by molar-refractivity contribution is 6.32. The number of aromatic nitrogens is 1. The lowest BCUT2D eigenvalue weighted by molar-refractivity contribution is -0.115. The van der Waals surface area contributed by atoms with Crippen LogP contribution in [-0.4, -0.2) is 18.0 Å². The number of nitrogens with two attached hydrogens (primary N) is 1. The first-order chi connectivity index (χ1) is 9.58. The Morgan fingerprint density at radius 1 is 1.40 bits per heavy atom. The fourth-order valence-electron chi connectivity index (χ4n) is 1.65. The van der Waals surface area contributed by atoms with Gasteiger partial charge < -0.3 is 15.8 Å².